The summed E-state index contributed by atoms with van der Waals surface area (Å²) >= 11 is 0. The van der Waals surface area contributed by atoms with E-state index in [1.54, 1.807) is 23.0 Å². The van der Waals surface area contributed by atoms with E-state index >= 15 is 0 Å². The molecule has 0 saturated carbocycles. The van der Waals surface area contributed by atoms with Crippen molar-refractivity contribution < 1.29 is 4.79 Å². The molecule has 0 fully saturated rings. The van der Waals surface area contributed by atoms with Gasteiger partial charge in [-0.3, -0.25) is 9.48 Å². The quantitative estimate of drug-likeness (QED) is 0.378. The molecule has 1 N–H and O–H groups in total. The van der Waals surface area contributed by atoms with Gasteiger partial charge in [-0.15, -0.1) is 0 Å². The van der Waals surface area contributed by atoms with E-state index < -0.39 is 0 Å². The number of rotatable bonds is 5. The van der Waals surface area contributed by atoms with E-state index in [2.05, 4.69) is 44.8 Å². The van der Waals surface area contributed by atoms with Gasteiger partial charge in [0.2, 0.25) is 0 Å². The van der Waals surface area contributed by atoms with Gasteiger partial charge in [0.1, 0.15) is 5.56 Å². The van der Waals surface area contributed by atoms with Crippen molar-refractivity contribution in [1.82, 2.24) is 24.4 Å². The molecule has 0 aliphatic heterocycles. The summed E-state index contributed by atoms with van der Waals surface area (Å²) in [6.45, 7) is 2.65. The Morgan fingerprint density at radius 1 is 0.943 bits per heavy atom. The number of nitrogens with one attached hydrogen (secondary N) is 1. The standard InChI is InChI=1S/C28H22N6O/c1-19-9-11-21(12-10-19)25-13-15-29-27-24(17-30-34(25)27)28(35)31-26-14-16-33(32-26)18-22-7-4-6-20-5-2-3-8-23(20)22/h2-17H,18H2,1H3,(H,31,32,35). The van der Waals surface area contributed by atoms with Crippen LogP contribution in [0.3, 0.4) is 0 Å². The first kappa shape index (κ1) is 20.8. The SMILES string of the molecule is Cc1ccc(-c2ccnc3c(C(=O)Nc4ccn(Cc5cccc6ccccc56)n4)cnn23)cc1. The number of carbonyl (C=O) groups is 1. The van der Waals surface area contributed by atoms with Gasteiger partial charge in [-0.2, -0.15) is 10.2 Å². The molecule has 0 bridgehead atoms. The summed E-state index contributed by atoms with van der Waals surface area (Å²) in [6, 6.07) is 26.4. The van der Waals surface area contributed by atoms with Crippen molar-refractivity contribution in [3.05, 3.63) is 114 Å². The summed E-state index contributed by atoms with van der Waals surface area (Å²) < 4.78 is 3.51. The number of aromatic nitrogens is 5. The fourth-order valence-electron chi connectivity index (χ4n) is 4.30. The first-order valence-electron chi connectivity index (χ1n) is 11.4. The smallest absolute Gasteiger partial charge is 0.262 e. The average Bonchev–Trinajstić information content (AvgIpc) is 3.51. The summed E-state index contributed by atoms with van der Waals surface area (Å²) in [4.78, 5) is 17.5. The number of benzene rings is 3. The van der Waals surface area contributed by atoms with E-state index in [-0.39, 0.29) is 5.91 Å². The lowest BCUT2D eigenvalue weighted by Gasteiger charge is -2.07. The molecule has 35 heavy (non-hydrogen) atoms. The van der Waals surface area contributed by atoms with Crippen LogP contribution in [0.5, 0.6) is 0 Å². The van der Waals surface area contributed by atoms with Crippen LogP contribution in [0, 0.1) is 6.92 Å². The van der Waals surface area contributed by atoms with Gasteiger partial charge < -0.3 is 5.32 Å². The molecule has 3 aromatic heterocycles. The fourth-order valence-corrected chi connectivity index (χ4v) is 4.30. The highest BCUT2D eigenvalue weighted by atomic mass is 16.1. The van der Waals surface area contributed by atoms with E-state index in [1.165, 1.54) is 21.9 Å². The Morgan fingerprint density at radius 3 is 2.66 bits per heavy atom. The molecule has 0 saturated heterocycles. The molecule has 0 radical (unpaired) electrons. The molecule has 7 nitrogen and oxygen atoms in total. The predicted octanol–water partition coefficient (Wildman–Crippen LogP) is 5.36. The van der Waals surface area contributed by atoms with Gasteiger partial charge in [0.25, 0.3) is 5.91 Å². The second-order valence-corrected chi connectivity index (χ2v) is 8.48. The van der Waals surface area contributed by atoms with Gasteiger partial charge >= 0.3 is 0 Å². The molecule has 6 aromatic rings. The second-order valence-electron chi connectivity index (χ2n) is 8.48. The molecule has 170 valence electrons. The van der Waals surface area contributed by atoms with Crippen LogP contribution in [0.1, 0.15) is 21.5 Å². The zero-order valence-corrected chi connectivity index (χ0v) is 19.1. The molecule has 0 aliphatic carbocycles. The maximum Gasteiger partial charge on any atom is 0.262 e. The second kappa shape index (κ2) is 8.53. The lowest BCUT2D eigenvalue weighted by atomic mass is 10.0. The maximum atomic E-state index is 13.1. The lowest BCUT2D eigenvalue weighted by molar-refractivity contribution is 0.102. The van der Waals surface area contributed by atoms with E-state index in [1.807, 2.05) is 66.3 Å². The molecule has 0 atom stereocenters. The molecule has 3 heterocycles. The van der Waals surface area contributed by atoms with Crippen molar-refractivity contribution in [2.45, 2.75) is 13.5 Å². The zero-order chi connectivity index (χ0) is 23.8. The molecule has 1 amide bonds. The maximum absolute atomic E-state index is 13.1. The Bertz CT molecular complexity index is 1670. The average molecular weight is 459 g/mol. The zero-order valence-electron chi connectivity index (χ0n) is 19.1. The van der Waals surface area contributed by atoms with E-state index in [0.717, 1.165) is 11.3 Å². The third-order valence-electron chi connectivity index (χ3n) is 6.09. The highest BCUT2D eigenvalue weighted by Crippen LogP contribution is 2.22. The van der Waals surface area contributed by atoms with E-state index in [9.17, 15) is 4.79 Å². The van der Waals surface area contributed by atoms with Gasteiger partial charge in [-0.1, -0.05) is 72.3 Å². The molecule has 3 aromatic carbocycles. The first-order chi connectivity index (χ1) is 17.2. The minimum absolute atomic E-state index is 0.302. The highest BCUT2D eigenvalue weighted by molar-refractivity contribution is 6.07. The van der Waals surface area contributed by atoms with Crippen LogP contribution in [0.2, 0.25) is 0 Å². The van der Waals surface area contributed by atoms with Crippen molar-refractivity contribution in [2.24, 2.45) is 0 Å². The van der Waals surface area contributed by atoms with E-state index in [0.29, 0.717) is 23.6 Å². The van der Waals surface area contributed by atoms with Gasteiger partial charge in [-0.25, -0.2) is 9.50 Å². The van der Waals surface area contributed by atoms with Gasteiger partial charge in [0, 0.05) is 24.0 Å². The molecule has 0 aliphatic rings. The van der Waals surface area contributed by atoms with Crippen LogP contribution in [0.4, 0.5) is 5.82 Å². The van der Waals surface area contributed by atoms with Crippen LogP contribution in [0.15, 0.2) is 97.5 Å². The Labute approximate surface area is 201 Å². The van der Waals surface area contributed by atoms with Gasteiger partial charge in [0.05, 0.1) is 18.4 Å². The van der Waals surface area contributed by atoms with Crippen LogP contribution in [-0.2, 0) is 6.54 Å². The topological polar surface area (TPSA) is 77.1 Å². The minimum atomic E-state index is -0.302. The van der Waals surface area contributed by atoms with Crippen LogP contribution in [-0.4, -0.2) is 30.3 Å². The van der Waals surface area contributed by atoms with E-state index in [4.69, 9.17) is 0 Å². The number of fused-ring (bicyclic) bond motifs is 2. The number of amides is 1. The predicted molar refractivity (Wildman–Crippen MR) is 136 cm³/mol. The Morgan fingerprint density at radius 2 is 1.77 bits per heavy atom. The number of aryl methyl sites for hydroxylation is 1. The monoisotopic (exact) mass is 458 g/mol. The van der Waals surface area contributed by atoms with Crippen LogP contribution >= 0.6 is 0 Å². The molecule has 7 heteroatoms. The fraction of sp³-hybridized carbons (Fsp3) is 0.0714. The van der Waals surface area contributed by atoms with Gasteiger partial charge in [0.15, 0.2) is 11.5 Å². The summed E-state index contributed by atoms with van der Waals surface area (Å²) in [5.74, 6) is 0.174. The van der Waals surface area contributed by atoms with Crippen molar-refractivity contribution in [2.75, 3.05) is 5.32 Å². The Hall–Kier alpha value is -4.78. The van der Waals surface area contributed by atoms with Crippen molar-refractivity contribution in [3.8, 4) is 11.3 Å². The first-order valence-corrected chi connectivity index (χ1v) is 11.4. The molecular formula is C28H22N6O. The number of hydrogen-bond donors (Lipinski definition) is 1. The third-order valence-corrected chi connectivity index (χ3v) is 6.09. The molecule has 0 unspecified atom stereocenters. The van der Waals surface area contributed by atoms with Crippen LogP contribution in [0.25, 0.3) is 27.7 Å². The number of anilines is 1. The van der Waals surface area contributed by atoms with Crippen LogP contribution < -0.4 is 5.32 Å². The summed E-state index contributed by atoms with van der Waals surface area (Å²) in [6.07, 6.45) is 5.10. The summed E-state index contributed by atoms with van der Waals surface area (Å²) in [5, 5.41) is 14.3. The largest absolute Gasteiger partial charge is 0.305 e. The molecular weight excluding hydrogens is 436 g/mol. The normalized spacial score (nSPS) is 11.2. The third kappa shape index (κ3) is 3.93. The minimum Gasteiger partial charge on any atom is -0.305 e. The number of hydrogen-bond acceptors (Lipinski definition) is 4. The van der Waals surface area contributed by atoms with Gasteiger partial charge in [-0.05, 0) is 29.3 Å². The summed E-state index contributed by atoms with van der Waals surface area (Å²) in [5.41, 5.74) is 5.11. The van der Waals surface area contributed by atoms with Crippen molar-refractivity contribution in [3.63, 3.8) is 0 Å². The summed E-state index contributed by atoms with van der Waals surface area (Å²) in [7, 11) is 0. The number of carbonyl (C=O) groups excluding carboxylic acids is 1. The Balaban J connectivity index is 1.24. The van der Waals surface area contributed by atoms with Crippen molar-refractivity contribution in [1.29, 1.82) is 0 Å². The highest BCUT2D eigenvalue weighted by Gasteiger charge is 2.17. The molecule has 0 spiro atoms. The Kier molecular flexibility index (Phi) is 5.07. The molecule has 6 rings (SSSR count). The number of nitrogens with zero attached hydrogens (tertiary/aromatic N) is 5. The van der Waals surface area contributed by atoms with Crippen molar-refractivity contribution >= 4 is 28.1 Å². The lowest BCUT2D eigenvalue weighted by Crippen LogP contribution is -2.13.